The summed E-state index contributed by atoms with van der Waals surface area (Å²) >= 11 is 0. The molecule has 0 saturated carbocycles. The van der Waals surface area contributed by atoms with Crippen LogP contribution in [0.15, 0.2) is 48.5 Å². The van der Waals surface area contributed by atoms with Gasteiger partial charge in [0.1, 0.15) is 5.69 Å². The Labute approximate surface area is 158 Å². The maximum Gasteiger partial charge on any atom is 0.292 e. The van der Waals surface area contributed by atoms with E-state index in [-0.39, 0.29) is 16.5 Å². The molecule has 1 amide bonds. The van der Waals surface area contributed by atoms with Crippen LogP contribution in [0.5, 0.6) is 0 Å². The van der Waals surface area contributed by atoms with E-state index in [0.29, 0.717) is 25.3 Å². The summed E-state index contributed by atoms with van der Waals surface area (Å²) in [6, 6.07) is 14.7. The van der Waals surface area contributed by atoms with Crippen LogP contribution in [0.1, 0.15) is 12.5 Å². The van der Waals surface area contributed by atoms with Gasteiger partial charge in [0.2, 0.25) is 0 Å². The number of hydrogen-bond acceptors (Lipinski definition) is 4. The van der Waals surface area contributed by atoms with Crippen molar-refractivity contribution in [3.63, 3.8) is 0 Å². The molecule has 0 unspecified atom stereocenters. The molecule has 2 N–H and O–H groups in total. The Kier molecular flexibility index (Phi) is 6.03. The number of benzene rings is 2. The lowest BCUT2D eigenvalue weighted by Crippen LogP contribution is -3.15. The number of quaternary nitrogens is 1. The van der Waals surface area contributed by atoms with Gasteiger partial charge in [-0.05, 0) is 24.1 Å². The molecule has 7 nitrogen and oxygen atoms in total. The van der Waals surface area contributed by atoms with Crippen LogP contribution in [0.25, 0.3) is 0 Å². The van der Waals surface area contributed by atoms with E-state index < -0.39 is 0 Å². The molecule has 0 aliphatic carbocycles. The lowest BCUT2D eigenvalue weighted by Gasteiger charge is -2.33. The molecule has 1 aliphatic rings. The third-order valence-corrected chi connectivity index (χ3v) is 4.97. The number of para-hydroxylation sites is 3. The summed E-state index contributed by atoms with van der Waals surface area (Å²) in [7, 11) is 0. The van der Waals surface area contributed by atoms with Crippen LogP contribution in [0, 0.1) is 10.1 Å². The number of rotatable bonds is 6. The molecular formula is C20H25N4O3+. The largest absolute Gasteiger partial charge is 0.355 e. The van der Waals surface area contributed by atoms with Gasteiger partial charge in [-0.25, -0.2) is 0 Å². The highest BCUT2D eigenvalue weighted by molar-refractivity contribution is 5.92. The highest BCUT2D eigenvalue weighted by Gasteiger charge is 2.26. The summed E-state index contributed by atoms with van der Waals surface area (Å²) in [6.07, 6.45) is 0.873. The summed E-state index contributed by atoms with van der Waals surface area (Å²) < 4.78 is 0. The van der Waals surface area contributed by atoms with Crippen LogP contribution in [0.4, 0.5) is 17.1 Å². The van der Waals surface area contributed by atoms with Crippen molar-refractivity contribution in [2.75, 3.05) is 42.9 Å². The van der Waals surface area contributed by atoms with Gasteiger partial charge in [-0.3, -0.25) is 14.9 Å². The van der Waals surface area contributed by atoms with Crippen LogP contribution in [-0.2, 0) is 11.2 Å². The summed E-state index contributed by atoms with van der Waals surface area (Å²) in [5, 5.41) is 14.2. The lowest BCUT2D eigenvalue weighted by atomic mass is 10.1. The number of carbonyl (C=O) groups is 1. The van der Waals surface area contributed by atoms with Crippen molar-refractivity contribution >= 4 is 23.0 Å². The average Bonchev–Trinajstić information content (AvgIpc) is 2.69. The van der Waals surface area contributed by atoms with Gasteiger partial charge in [-0.15, -0.1) is 0 Å². The van der Waals surface area contributed by atoms with E-state index in [1.54, 1.807) is 12.1 Å². The number of nitro groups is 1. The van der Waals surface area contributed by atoms with Gasteiger partial charge in [0, 0.05) is 11.8 Å². The van der Waals surface area contributed by atoms with Gasteiger partial charge >= 0.3 is 0 Å². The van der Waals surface area contributed by atoms with Crippen molar-refractivity contribution in [3.05, 3.63) is 64.2 Å². The van der Waals surface area contributed by atoms with E-state index in [0.717, 1.165) is 30.8 Å². The minimum Gasteiger partial charge on any atom is -0.355 e. The molecule has 1 heterocycles. The summed E-state index contributed by atoms with van der Waals surface area (Å²) in [4.78, 5) is 26.5. The number of carbonyl (C=O) groups excluding carboxylic acids is 1. The highest BCUT2D eigenvalue weighted by Crippen LogP contribution is 2.27. The van der Waals surface area contributed by atoms with Crippen molar-refractivity contribution < 1.29 is 14.6 Å². The van der Waals surface area contributed by atoms with Gasteiger partial charge in [-0.2, -0.15) is 0 Å². The topological polar surface area (TPSA) is 79.9 Å². The quantitative estimate of drug-likeness (QED) is 0.597. The van der Waals surface area contributed by atoms with Crippen molar-refractivity contribution in [1.29, 1.82) is 0 Å². The molecule has 0 atom stereocenters. The van der Waals surface area contributed by atoms with Crippen molar-refractivity contribution in [3.8, 4) is 0 Å². The standard InChI is InChI=1S/C20H24N4O3/c1-2-16-7-3-4-8-17(16)21-20(25)15-22-11-13-23(14-12-22)18-9-5-6-10-19(18)24(26)27/h3-10H,2,11-15H2,1H3,(H,21,25)/p+1. The summed E-state index contributed by atoms with van der Waals surface area (Å²) in [6.45, 7) is 5.41. The smallest absolute Gasteiger partial charge is 0.292 e. The van der Waals surface area contributed by atoms with E-state index in [2.05, 4.69) is 12.2 Å². The number of nitro benzene ring substituents is 1. The zero-order valence-electron chi connectivity index (χ0n) is 15.5. The zero-order valence-corrected chi connectivity index (χ0v) is 15.5. The molecule has 2 aromatic rings. The molecule has 2 aromatic carbocycles. The highest BCUT2D eigenvalue weighted by atomic mass is 16.6. The van der Waals surface area contributed by atoms with Crippen molar-refractivity contribution in [2.24, 2.45) is 0 Å². The number of hydrogen-bond donors (Lipinski definition) is 2. The van der Waals surface area contributed by atoms with E-state index >= 15 is 0 Å². The third kappa shape index (κ3) is 4.62. The Balaban J connectivity index is 1.55. The number of anilines is 2. The predicted octanol–water partition coefficient (Wildman–Crippen LogP) is 1.50. The van der Waals surface area contributed by atoms with Crippen molar-refractivity contribution in [1.82, 2.24) is 0 Å². The number of nitrogens with zero attached hydrogens (tertiary/aromatic N) is 2. The first-order chi connectivity index (χ1) is 13.1. The third-order valence-electron chi connectivity index (χ3n) is 4.97. The van der Waals surface area contributed by atoms with Crippen LogP contribution >= 0.6 is 0 Å². The van der Waals surface area contributed by atoms with Crippen LogP contribution in [-0.4, -0.2) is 43.6 Å². The molecule has 142 valence electrons. The monoisotopic (exact) mass is 369 g/mol. The maximum absolute atomic E-state index is 12.4. The molecule has 1 saturated heterocycles. The van der Waals surface area contributed by atoms with Gasteiger partial charge in [-0.1, -0.05) is 37.3 Å². The summed E-state index contributed by atoms with van der Waals surface area (Å²) in [5.74, 6) is 0.00467. The Hall–Kier alpha value is -2.93. The first-order valence-electron chi connectivity index (χ1n) is 9.28. The minimum absolute atomic E-state index is 0.00467. The molecule has 1 fully saturated rings. The molecule has 0 radical (unpaired) electrons. The second-order valence-electron chi connectivity index (χ2n) is 6.72. The fourth-order valence-corrected chi connectivity index (χ4v) is 3.50. The number of amides is 1. The Morgan fingerprint density at radius 1 is 1.15 bits per heavy atom. The molecule has 3 rings (SSSR count). The molecule has 1 aliphatic heterocycles. The SMILES string of the molecule is CCc1ccccc1NC(=O)C[NH+]1CCN(c2ccccc2[N+](=O)[O-])CC1. The van der Waals surface area contributed by atoms with E-state index in [1.807, 2.05) is 35.2 Å². The Bertz CT molecular complexity index is 816. The first kappa shape index (κ1) is 18.8. The predicted molar refractivity (Wildman–Crippen MR) is 105 cm³/mol. The molecule has 0 aromatic heterocycles. The van der Waals surface area contributed by atoms with E-state index in [9.17, 15) is 14.9 Å². The van der Waals surface area contributed by atoms with Gasteiger partial charge in [0.15, 0.2) is 6.54 Å². The van der Waals surface area contributed by atoms with E-state index in [1.165, 1.54) is 11.0 Å². The number of piperazine rings is 1. The second kappa shape index (κ2) is 8.64. The fraction of sp³-hybridized carbons (Fsp3) is 0.350. The second-order valence-corrected chi connectivity index (χ2v) is 6.72. The van der Waals surface area contributed by atoms with Gasteiger partial charge < -0.3 is 15.1 Å². The molecule has 27 heavy (non-hydrogen) atoms. The van der Waals surface area contributed by atoms with E-state index in [4.69, 9.17) is 0 Å². The first-order valence-corrected chi connectivity index (χ1v) is 9.28. The molecule has 0 bridgehead atoms. The zero-order chi connectivity index (χ0) is 19.2. The van der Waals surface area contributed by atoms with Gasteiger partial charge in [0.05, 0.1) is 31.1 Å². The van der Waals surface area contributed by atoms with Crippen LogP contribution < -0.4 is 15.1 Å². The minimum atomic E-state index is -0.340. The molecular weight excluding hydrogens is 344 g/mol. The summed E-state index contributed by atoms with van der Waals surface area (Å²) in [5.41, 5.74) is 2.79. The average molecular weight is 369 g/mol. The lowest BCUT2D eigenvalue weighted by molar-refractivity contribution is -0.892. The normalized spacial score (nSPS) is 14.8. The fourth-order valence-electron chi connectivity index (χ4n) is 3.50. The van der Waals surface area contributed by atoms with Crippen molar-refractivity contribution in [2.45, 2.75) is 13.3 Å². The Morgan fingerprint density at radius 3 is 2.52 bits per heavy atom. The van der Waals surface area contributed by atoms with Gasteiger partial charge in [0.25, 0.3) is 11.6 Å². The molecule has 0 spiro atoms. The Morgan fingerprint density at radius 2 is 1.81 bits per heavy atom. The molecule has 7 heteroatoms. The number of aryl methyl sites for hydroxylation is 1. The van der Waals surface area contributed by atoms with Crippen LogP contribution in [0.3, 0.4) is 0 Å². The van der Waals surface area contributed by atoms with Crippen LogP contribution in [0.2, 0.25) is 0 Å². The maximum atomic E-state index is 12.4. The number of nitrogens with one attached hydrogen (secondary N) is 2.